The second kappa shape index (κ2) is 18.8. The van der Waals surface area contributed by atoms with Gasteiger partial charge >= 0.3 is 135 Å². The van der Waals surface area contributed by atoms with E-state index in [9.17, 15) is 0 Å². The summed E-state index contributed by atoms with van der Waals surface area (Å²) in [5.41, 5.74) is 13.4. The number of pyridine rings is 1. The third-order valence-electron chi connectivity index (χ3n) is 11.7. The maximum atomic E-state index is 8.76. The van der Waals surface area contributed by atoms with Crippen LogP contribution in [0.4, 0.5) is 0 Å². The molecule has 0 aliphatic heterocycles. The Hall–Kier alpha value is -5.85. The molecule has 0 aliphatic rings. The molecular weight excluding hydrogens is 1040 g/mol. The van der Waals surface area contributed by atoms with Gasteiger partial charge in [0, 0.05) is 36.6 Å². The first kappa shape index (κ1) is 44.0. The molecule has 0 atom stereocenters. The Balaban J connectivity index is 0.000000222. The first-order chi connectivity index (χ1) is 31.9. The van der Waals surface area contributed by atoms with Crippen LogP contribution in [0.25, 0.3) is 83.6 Å². The summed E-state index contributed by atoms with van der Waals surface area (Å²) >= 11 is -2.24. The van der Waals surface area contributed by atoms with E-state index in [4.69, 9.17) is 12.1 Å². The third kappa shape index (κ3) is 9.67. The van der Waals surface area contributed by atoms with Crippen LogP contribution in [0.3, 0.4) is 0 Å². The van der Waals surface area contributed by atoms with Gasteiger partial charge in [0.2, 0.25) is 0 Å². The molecule has 0 fully saturated rings. The van der Waals surface area contributed by atoms with Crippen molar-refractivity contribution in [2.45, 2.75) is 70.6 Å². The zero-order chi connectivity index (χ0) is 47.3. The fourth-order valence-corrected chi connectivity index (χ4v) is 11.4. The zero-order valence-electron chi connectivity index (χ0n) is 41.2. The van der Waals surface area contributed by atoms with Crippen LogP contribution in [0, 0.1) is 17.5 Å². The van der Waals surface area contributed by atoms with Gasteiger partial charge in [-0.3, -0.25) is 4.98 Å². The number of para-hydroxylation sites is 3. The fourth-order valence-electron chi connectivity index (χ4n) is 8.52. The molecule has 66 heavy (non-hydrogen) atoms. The van der Waals surface area contributed by atoms with E-state index in [1.807, 2.05) is 81.6 Å². The SMILES string of the molecule is CC(C)(C)c1cc(-c2ccccc2)c(-n2c(-c3[c-]ccc4c3oc3ccccc34)nc3ccccc32)c(-c2ccccc2)c1.[2H]C([2H])(c1cc(-c2[c-]cccc2)nc[c]1[Ge]([CH3])([CH3])[CH3])C(C)(C)C.[Ir]. The standard InChI is InChI=1S/C41H31N2O.C19H26GeN.Ir/c1-41(2,3)29-25-33(27-15-6-4-7-16-27)38(34(26-29)28-17-8-5-9-18-28)43-36-23-12-11-22-35(36)42-40(43)32-21-14-20-31-30-19-10-13-24-37(30)44-39(31)32;1-19(2,3)13-16-12-18(15-10-8-7-9-11-15)21-14-17(16)20(4,5)6;/h4-20,22-26H,1-3H3;7-10,12,14H,13H2,1-6H3;/q2*-1;/i;13D2;. The molecule has 7 aromatic carbocycles. The second-order valence-electron chi connectivity index (χ2n) is 19.9. The summed E-state index contributed by atoms with van der Waals surface area (Å²) in [7, 11) is 0. The van der Waals surface area contributed by atoms with Crippen molar-refractivity contribution in [2.75, 3.05) is 0 Å². The van der Waals surface area contributed by atoms with Gasteiger partial charge in [0.1, 0.15) is 5.58 Å². The van der Waals surface area contributed by atoms with Crippen LogP contribution in [-0.2, 0) is 31.9 Å². The molecule has 6 heteroatoms. The average Bonchev–Trinajstić information content (AvgIpc) is 3.90. The molecule has 0 N–H and O–H groups in total. The Morgan fingerprint density at radius 2 is 1.29 bits per heavy atom. The molecule has 10 rings (SSSR count). The normalized spacial score (nSPS) is 12.6. The average molecular weight is 1100 g/mol. The number of nitrogens with zero attached hydrogens (tertiary/aromatic N) is 3. The van der Waals surface area contributed by atoms with E-state index >= 15 is 0 Å². The Morgan fingerprint density at radius 1 is 0.667 bits per heavy atom. The summed E-state index contributed by atoms with van der Waals surface area (Å²) in [6.07, 6.45) is 0.502. The van der Waals surface area contributed by atoms with E-state index in [-0.39, 0.29) is 25.5 Å². The van der Waals surface area contributed by atoms with Crippen molar-refractivity contribution in [3.63, 3.8) is 0 Å². The number of imidazole rings is 1. The van der Waals surface area contributed by atoms with Gasteiger partial charge in [-0.2, -0.15) is 0 Å². The summed E-state index contributed by atoms with van der Waals surface area (Å²) in [4.78, 5) is 9.91. The van der Waals surface area contributed by atoms with Crippen LogP contribution < -0.4 is 4.40 Å². The van der Waals surface area contributed by atoms with Crippen LogP contribution in [0.2, 0.25) is 17.3 Å². The van der Waals surface area contributed by atoms with Gasteiger partial charge in [0.05, 0.1) is 28.1 Å². The first-order valence-electron chi connectivity index (χ1n) is 23.5. The molecular formula is C60H57GeIrN3O-2. The van der Waals surface area contributed by atoms with Crippen LogP contribution in [0.15, 0.2) is 174 Å². The Kier molecular flexibility index (Phi) is 12.5. The minimum absolute atomic E-state index is 0. The largest absolute Gasteiger partial charge is 0 e. The number of benzene rings is 7. The van der Waals surface area contributed by atoms with E-state index in [1.165, 1.54) is 5.56 Å². The molecule has 4 nitrogen and oxygen atoms in total. The minimum Gasteiger partial charge on any atom is 0 e. The molecule has 333 valence electrons. The predicted molar refractivity (Wildman–Crippen MR) is 277 cm³/mol. The second-order valence-corrected chi connectivity index (χ2v) is 30.4. The summed E-state index contributed by atoms with van der Waals surface area (Å²) in [6, 6.07) is 63.2. The van der Waals surface area contributed by atoms with Crippen molar-refractivity contribution in [3.05, 3.63) is 193 Å². The molecule has 0 saturated carbocycles. The van der Waals surface area contributed by atoms with Crippen molar-refractivity contribution in [1.82, 2.24) is 14.5 Å². The molecule has 1 radical (unpaired) electrons. The predicted octanol–water partition coefficient (Wildman–Crippen LogP) is 15.7. The van der Waals surface area contributed by atoms with E-state index in [1.54, 1.807) is 0 Å². The van der Waals surface area contributed by atoms with Crippen molar-refractivity contribution in [3.8, 4) is 50.6 Å². The van der Waals surface area contributed by atoms with Gasteiger partial charge in [0.25, 0.3) is 0 Å². The van der Waals surface area contributed by atoms with Crippen LogP contribution in [-0.4, -0.2) is 27.8 Å². The molecule has 0 saturated heterocycles. The number of aromatic nitrogens is 3. The molecule has 0 bridgehead atoms. The van der Waals surface area contributed by atoms with E-state index < -0.39 is 25.1 Å². The van der Waals surface area contributed by atoms with Gasteiger partial charge < -0.3 is 8.98 Å². The third-order valence-corrected chi connectivity index (χ3v) is 15.9. The first-order valence-corrected chi connectivity index (χ1v) is 29.8. The van der Waals surface area contributed by atoms with E-state index in [0.29, 0.717) is 0 Å². The summed E-state index contributed by atoms with van der Waals surface area (Å²) in [6.45, 7) is 12.7. The molecule has 0 spiro atoms. The summed E-state index contributed by atoms with van der Waals surface area (Å²) < 4.78 is 27.5. The van der Waals surface area contributed by atoms with E-state index in [2.05, 4.69) is 169 Å². The number of hydrogen-bond acceptors (Lipinski definition) is 3. The maximum Gasteiger partial charge on any atom is 0 e. The summed E-state index contributed by atoms with van der Waals surface area (Å²) in [5, 5.41) is 2.15. The maximum absolute atomic E-state index is 8.76. The van der Waals surface area contributed by atoms with Gasteiger partial charge in [-0.15, -0.1) is 18.2 Å². The number of fused-ring (bicyclic) bond motifs is 4. The Morgan fingerprint density at radius 3 is 1.91 bits per heavy atom. The monoisotopic (exact) mass is 1100 g/mol. The number of hydrogen-bond donors (Lipinski definition) is 0. The number of rotatable bonds is 7. The topological polar surface area (TPSA) is 43.9 Å². The van der Waals surface area contributed by atoms with Crippen molar-refractivity contribution < 1.29 is 27.3 Å². The van der Waals surface area contributed by atoms with Crippen molar-refractivity contribution in [2.24, 2.45) is 5.41 Å². The van der Waals surface area contributed by atoms with Crippen molar-refractivity contribution >= 4 is 50.6 Å². The quantitative estimate of drug-likeness (QED) is 0.118. The summed E-state index contributed by atoms with van der Waals surface area (Å²) in [5.74, 6) is 7.66. The van der Waals surface area contributed by atoms with Crippen LogP contribution in [0.1, 0.15) is 55.4 Å². The molecule has 3 heterocycles. The Bertz CT molecular complexity index is 3320. The number of furan rings is 1. The zero-order valence-corrected chi connectivity index (χ0v) is 43.7. The van der Waals surface area contributed by atoms with Crippen LogP contribution >= 0.6 is 0 Å². The smallest absolute Gasteiger partial charge is 0 e. The van der Waals surface area contributed by atoms with Gasteiger partial charge in [0.15, 0.2) is 0 Å². The van der Waals surface area contributed by atoms with Gasteiger partial charge in [-0.25, -0.2) is 0 Å². The van der Waals surface area contributed by atoms with Gasteiger partial charge in [-0.1, -0.05) is 123 Å². The molecule has 3 aromatic heterocycles. The molecule has 0 amide bonds. The van der Waals surface area contributed by atoms with Gasteiger partial charge in [-0.05, 0) is 52.4 Å². The minimum atomic E-state index is -2.24. The molecule has 0 aliphatic carbocycles. The van der Waals surface area contributed by atoms with Crippen molar-refractivity contribution in [1.29, 1.82) is 0 Å². The fraction of sp³-hybridized carbons (Fsp3) is 0.200. The van der Waals surface area contributed by atoms with E-state index in [0.717, 1.165) is 93.5 Å². The molecule has 10 aromatic rings. The Labute approximate surface area is 409 Å². The molecule has 0 unspecified atom stereocenters. The van der Waals surface area contributed by atoms with Crippen LogP contribution in [0.5, 0.6) is 0 Å².